The number of carbonyl (C=O) groups is 1. The Kier molecular flexibility index (Phi) is 5.62. The zero-order chi connectivity index (χ0) is 12.3. The molecule has 102 valence electrons. The Bertz CT molecular complexity index is 406. The SMILES string of the molecule is CCCCc1nc2c([nH]1)CNC(C(=O)OC)C2.Cl. The van der Waals surface area contributed by atoms with E-state index in [1.54, 1.807) is 0 Å². The summed E-state index contributed by atoms with van der Waals surface area (Å²) in [5, 5.41) is 3.15. The Morgan fingerprint density at radius 1 is 1.56 bits per heavy atom. The molecule has 6 heteroatoms. The summed E-state index contributed by atoms with van der Waals surface area (Å²) in [5.41, 5.74) is 2.11. The van der Waals surface area contributed by atoms with Gasteiger partial charge in [0.25, 0.3) is 0 Å². The lowest BCUT2D eigenvalue weighted by Gasteiger charge is -2.20. The number of ether oxygens (including phenoxy) is 1. The van der Waals surface area contributed by atoms with Crippen molar-refractivity contribution in [3.8, 4) is 0 Å². The van der Waals surface area contributed by atoms with Gasteiger partial charge in [0.05, 0.1) is 18.5 Å². The fraction of sp³-hybridized carbons (Fsp3) is 0.667. The van der Waals surface area contributed by atoms with Gasteiger partial charge in [-0.05, 0) is 6.42 Å². The Morgan fingerprint density at radius 2 is 2.33 bits per heavy atom. The maximum Gasteiger partial charge on any atom is 0.323 e. The second-order valence-corrected chi connectivity index (χ2v) is 4.37. The van der Waals surface area contributed by atoms with E-state index in [1.165, 1.54) is 7.11 Å². The number of hydrogen-bond acceptors (Lipinski definition) is 4. The minimum absolute atomic E-state index is 0. The molecular weight excluding hydrogens is 254 g/mol. The minimum Gasteiger partial charge on any atom is -0.468 e. The molecule has 0 amide bonds. The van der Waals surface area contributed by atoms with Crippen LogP contribution in [0.5, 0.6) is 0 Å². The fourth-order valence-corrected chi connectivity index (χ4v) is 2.08. The summed E-state index contributed by atoms with van der Waals surface area (Å²) in [5.74, 6) is 0.818. The van der Waals surface area contributed by atoms with Gasteiger partial charge in [-0.1, -0.05) is 13.3 Å². The number of aryl methyl sites for hydroxylation is 1. The molecular formula is C12H20ClN3O2. The van der Waals surface area contributed by atoms with Crippen LogP contribution in [-0.2, 0) is 28.9 Å². The highest BCUT2D eigenvalue weighted by Gasteiger charge is 2.27. The van der Waals surface area contributed by atoms with Crippen LogP contribution in [0.15, 0.2) is 0 Å². The van der Waals surface area contributed by atoms with E-state index in [4.69, 9.17) is 4.74 Å². The monoisotopic (exact) mass is 273 g/mol. The van der Waals surface area contributed by atoms with Gasteiger partial charge in [0.15, 0.2) is 0 Å². The molecule has 0 bridgehead atoms. The third-order valence-electron chi connectivity index (χ3n) is 3.09. The molecule has 1 unspecified atom stereocenters. The van der Waals surface area contributed by atoms with Crippen LogP contribution < -0.4 is 5.32 Å². The van der Waals surface area contributed by atoms with Gasteiger partial charge in [0.2, 0.25) is 0 Å². The van der Waals surface area contributed by atoms with Gasteiger partial charge in [-0.3, -0.25) is 10.1 Å². The van der Waals surface area contributed by atoms with Crippen LogP contribution in [0.25, 0.3) is 0 Å². The molecule has 2 heterocycles. The molecule has 0 spiro atoms. The normalized spacial score (nSPS) is 17.8. The highest BCUT2D eigenvalue weighted by atomic mass is 35.5. The summed E-state index contributed by atoms with van der Waals surface area (Å²) >= 11 is 0. The van der Waals surface area contributed by atoms with Crippen molar-refractivity contribution in [3.05, 3.63) is 17.2 Å². The lowest BCUT2D eigenvalue weighted by Crippen LogP contribution is -2.42. The summed E-state index contributed by atoms with van der Waals surface area (Å²) in [6.45, 7) is 2.83. The predicted molar refractivity (Wildman–Crippen MR) is 70.8 cm³/mol. The number of hydrogen-bond donors (Lipinski definition) is 2. The topological polar surface area (TPSA) is 67.0 Å². The molecule has 0 fully saturated rings. The van der Waals surface area contributed by atoms with Crippen LogP contribution in [-0.4, -0.2) is 29.1 Å². The summed E-state index contributed by atoms with van der Waals surface area (Å²) in [4.78, 5) is 19.3. The lowest BCUT2D eigenvalue weighted by molar-refractivity contribution is -0.143. The molecule has 18 heavy (non-hydrogen) atoms. The van der Waals surface area contributed by atoms with Crippen molar-refractivity contribution in [2.75, 3.05) is 7.11 Å². The van der Waals surface area contributed by atoms with Gasteiger partial charge < -0.3 is 9.72 Å². The molecule has 0 saturated heterocycles. The number of methoxy groups -OCH3 is 1. The predicted octanol–water partition coefficient (Wildman–Crippen LogP) is 1.36. The van der Waals surface area contributed by atoms with Gasteiger partial charge in [0.1, 0.15) is 11.9 Å². The van der Waals surface area contributed by atoms with E-state index < -0.39 is 0 Å². The summed E-state index contributed by atoms with van der Waals surface area (Å²) in [6.07, 6.45) is 3.89. The number of H-pyrrole nitrogens is 1. The van der Waals surface area contributed by atoms with Crippen molar-refractivity contribution >= 4 is 18.4 Å². The Morgan fingerprint density at radius 3 is 3.00 bits per heavy atom. The van der Waals surface area contributed by atoms with Crippen LogP contribution in [0, 0.1) is 0 Å². The quantitative estimate of drug-likeness (QED) is 0.813. The van der Waals surface area contributed by atoms with Gasteiger partial charge in [-0.25, -0.2) is 4.98 Å². The number of rotatable bonds is 4. The van der Waals surface area contributed by atoms with Crippen LogP contribution in [0.3, 0.4) is 0 Å². The van der Waals surface area contributed by atoms with Crippen LogP contribution >= 0.6 is 12.4 Å². The number of halogens is 1. The largest absolute Gasteiger partial charge is 0.468 e. The zero-order valence-electron chi connectivity index (χ0n) is 10.8. The first-order valence-electron chi connectivity index (χ1n) is 6.12. The van der Waals surface area contributed by atoms with E-state index in [2.05, 4.69) is 22.2 Å². The highest BCUT2D eigenvalue weighted by molar-refractivity contribution is 5.85. The molecule has 2 N–H and O–H groups in total. The number of esters is 1. The average Bonchev–Trinajstić information content (AvgIpc) is 2.76. The summed E-state index contributed by atoms with van der Waals surface area (Å²) < 4.78 is 4.74. The van der Waals surface area contributed by atoms with Crippen molar-refractivity contribution in [1.29, 1.82) is 0 Å². The van der Waals surface area contributed by atoms with Crippen molar-refractivity contribution in [1.82, 2.24) is 15.3 Å². The van der Waals surface area contributed by atoms with Gasteiger partial charge in [-0.2, -0.15) is 0 Å². The maximum atomic E-state index is 11.4. The molecule has 0 saturated carbocycles. The van der Waals surface area contributed by atoms with Crippen LogP contribution in [0.4, 0.5) is 0 Å². The van der Waals surface area contributed by atoms with E-state index in [0.29, 0.717) is 13.0 Å². The molecule has 1 aliphatic rings. The van der Waals surface area contributed by atoms with E-state index in [9.17, 15) is 4.79 Å². The first kappa shape index (κ1) is 15.0. The lowest BCUT2D eigenvalue weighted by atomic mass is 10.1. The number of carbonyl (C=O) groups excluding carboxylic acids is 1. The first-order chi connectivity index (χ1) is 8.24. The van der Waals surface area contributed by atoms with E-state index >= 15 is 0 Å². The number of imidazole rings is 1. The number of aromatic nitrogens is 2. The summed E-state index contributed by atoms with van der Waals surface area (Å²) in [6, 6.07) is -0.255. The third kappa shape index (κ3) is 3.23. The zero-order valence-corrected chi connectivity index (χ0v) is 11.6. The van der Waals surface area contributed by atoms with Crippen LogP contribution in [0.2, 0.25) is 0 Å². The second-order valence-electron chi connectivity index (χ2n) is 4.37. The Labute approximate surface area is 113 Å². The number of aromatic amines is 1. The molecule has 0 aliphatic carbocycles. The van der Waals surface area contributed by atoms with Crippen molar-refractivity contribution in [2.24, 2.45) is 0 Å². The molecule has 1 aliphatic heterocycles. The fourth-order valence-electron chi connectivity index (χ4n) is 2.08. The van der Waals surface area contributed by atoms with Gasteiger partial charge in [0, 0.05) is 19.4 Å². The van der Waals surface area contributed by atoms with E-state index in [1.807, 2.05) is 0 Å². The van der Waals surface area contributed by atoms with E-state index in [-0.39, 0.29) is 24.4 Å². The average molecular weight is 274 g/mol. The van der Waals surface area contributed by atoms with E-state index in [0.717, 1.165) is 36.5 Å². The molecule has 5 nitrogen and oxygen atoms in total. The Hall–Kier alpha value is -1.07. The number of nitrogens with zero attached hydrogens (tertiary/aromatic N) is 1. The molecule has 1 atom stereocenters. The van der Waals surface area contributed by atoms with Gasteiger partial charge in [-0.15, -0.1) is 12.4 Å². The van der Waals surface area contributed by atoms with Gasteiger partial charge >= 0.3 is 5.97 Å². The molecule has 2 rings (SSSR count). The standard InChI is InChI=1S/C12H19N3O2.ClH/c1-3-4-5-11-14-8-6-9(12(16)17-2)13-7-10(8)15-11;/h9,13H,3-7H2,1-2H3,(H,14,15);1H. The van der Waals surface area contributed by atoms with Crippen LogP contribution in [0.1, 0.15) is 37.0 Å². The minimum atomic E-state index is -0.255. The molecule has 1 aromatic rings. The highest BCUT2D eigenvalue weighted by Crippen LogP contribution is 2.16. The first-order valence-corrected chi connectivity index (χ1v) is 6.12. The Balaban J connectivity index is 0.00000162. The summed E-state index contributed by atoms with van der Waals surface area (Å²) in [7, 11) is 1.41. The number of fused-ring (bicyclic) bond motifs is 1. The van der Waals surface area contributed by atoms with Crippen molar-refractivity contribution in [3.63, 3.8) is 0 Å². The smallest absolute Gasteiger partial charge is 0.323 e. The van der Waals surface area contributed by atoms with Crippen molar-refractivity contribution < 1.29 is 9.53 Å². The molecule has 0 radical (unpaired) electrons. The molecule has 0 aromatic carbocycles. The third-order valence-corrected chi connectivity index (χ3v) is 3.09. The molecule has 1 aromatic heterocycles. The number of unbranched alkanes of at least 4 members (excludes halogenated alkanes) is 1. The maximum absolute atomic E-state index is 11.4. The van der Waals surface area contributed by atoms with Crippen molar-refractivity contribution in [2.45, 2.75) is 45.2 Å². The second kappa shape index (κ2) is 6.75. The number of nitrogens with one attached hydrogen (secondary N) is 2.